The van der Waals surface area contributed by atoms with E-state index in [2.05, 4.69) is 28.5 Å². The number of nitrogens with zero attached hydrogens (tertiary/aromatic N) is 3. The zero-order chi connectivity index (χ0) is 21.0. The summed E-state index contributed by atoms with van der Waals surface area (Å²) < 4.78 is 0. The predicted octanol–water partition coefficient (Wildman–Crippen LogP) is 3.60. The number of pyridine rings is 1. The van der Waals surface area contributed by atoms with Crippen molar-refractivity contribution >= 4 is 17.6 Å². The molecule has 3 atom stereocenters. The van der Waals surface area contributed by atoms with Crippen LogP contribution in [0.3, 0.4) is 0 Å². The summed E-state index contributed by atoms with van der Waals surface area (Å²) in [6, 6.07) is 14.7. The van der Waals surface area contributed by atoms with Crippen molar-refractivity contribution in [1.29, 1.82) is 0 Å². The summed E-state index contributed by atoms with van der Waals surface area (Å²) >= 11 is 0. The number of nitrogens with one attached hydrogen (secondary N) is 1. The Morgan fingerprint density at radius 2 is 2.03 bits per heavy atom. The van der Waals surface area contributed by atoms with Gasteiger partial charge in [0.15, 0.2) is 5.96 Å². The van der Waals surface area contributed by atoms with Crippen LogP contribution in [0.15, 0.2) is 59.9 Å². The number of benzene rings is 1. The Labute approximate surface area is 178 Å². The van der Waals surface area contributed by atoms with Crippen LogP contribution in [0.1, 0.15) is 44.1 Å². The molecule has 1 aromatic carbocycles. The molecular formula is C24H31N5O. The van der Waals surface area contributed by atoms with E-state index in [0.29, 0.717) is 24.3 Å². The Morgan fingerprint density at radius 1 is 1.20 bits per heavy atom. The number of rotatable bonds is 7. The van der Waals surface area contributed by atoms with Crippen molar-refractivity contribution in [3.05, 3.63) is 60.4 Å². The van der Waals surface area contributed by atoms with E-state index in [1.54, 1.807) is 13.2 Å². The zero-order valence-electron chi connectivity index (χ0n) is 17.6. The number of guanidine groups is 1. The summed E-state index contributed by atoms with van der Waals surface area (Å²) in [5.41, 5.74) is 7.63. The van der Waals surface area contributed by atoms with E-state index in [1.165, 1.54) is 10.5 Å². The number of hydrogen-bond acceptors (Lipinski definition) is 5. The SMILES string of the molecule is CN1C(=O)[C@@](CCc2ccccc2)(C[C@H]2CCCC(Nc3cccnc3)C2)N=C1N. The monoisotopic (exact) mass is 405 g/mol. The Balaban J connectivity index is 1.47. The third-order valence-corrected chi connectivity index (χ3v) is 6.49. The molecule has 30 heavy (non-hydrogen) atoms. The standard InChI is InChI=1S/C24H31N5O/c1-29-22(30)24(28-23(29)25,13-12-18-7-3-2-4-8-18)16-19-9-5-10-20(15-19)27-21-11-6-14-26-17-21/h2-4,6-8,11,14,17,19-20,27H,5,9-10,12-13,15-16H2,1H3,(H2,25,28)/t19-,20?,24+/m0/s1. The molecule has 6 heteroatoms. The molecule has 1 aromatic heterocycles. The predicted molar refractivity (Wildman–Crippen MR) is 120 cm³/mol. The van der Waals surface area contributed by atoms with Gasteiger partial charge >= 0.3 is 0 Å². The van der Waals surface area contributed by atoms with Gasteiger partial charge in [-0.1, -0.05) is 43.2 Å². The van der Waals surface area contributed by atoms with Crippen LogP contribution in [0, 0.1) is 5.92 Å². The molecule has 1 saturated carbocycles. The van der Waals surface area contributed by atoms with E-state index >= 15 is 0 Å². The van der Waals surface area contributed by atoms with Crippen LogP contribution in [0.5, 0.6) is 0 Å². The average molecular weight is 406 g/mol. The maximum absolute atomic E-state index is 13.2. The molecule has 1 aliphatic carbocycles. The van der Waals surface area contributed by atoms with Gasteiger partial charge in [0.05, 0.1) is 5.69 Å². The highest BCUT2D eigenvalue weighted by atomic mass is 16.2. The lowest BCUT2D eigenvalue weighted by molar-refractivity contribution is -0.131. The lowest BCUT2D eigenvalue weighted by Gasteiger charge is -2.35. The average Bonchev–Trinajstić information content (AvgIpc) is 2.98. The molecule has 2 aromatic rings. The second-order valence-corrected chi connectivity index (χ2v) is 8.67. The molecule has 1 amide bonds. The number of carbonyl (C=O) groups is 1. The van der Waals surface area contributed by atoms with Crippen molar-refractivity contribution in [3.63, 3.8) is 0 Å². The highest BCUT2D eigenvalue weighted by Crippen LogP contribution is 2.38. The van der Waals surface area contributed by atoms with Crippen molar-refractivity contribution < 1.29 is 4.79 Å². The van der Waals surface area contributed by atoms with Crippen LogP contribution in [-0.2, 0) is 11.2 Å². The first-order valence-electron chi connectivity index (χ1n) is 10.9. The molecule has 0 radical (unpaired) electrons. The van der Waals surface area contributed by atoms with Crippen molar-refractivity contribution in [1.82, 2.24) is 9.88 Å². The summed E-state index contributed by atoms with van der Waals surface area (Å²) in [6.07, 6.45) is 10.4. The minimum atomic E-state index is -0.741. The Kier molecular flexibility index (Phi) is 6.02. The number of nitrogens with two attached hydrogens (primary N) is 1. The summed E-state index contributed by atoms with van der Waals surface area (Å²) in [5, 5.41) is 3.62. The molecule has 1 unspecified atom stereocenters. The van der Waals surface area contributed by atoms with Gasteiger partial charge in [-0.25, -0.2) is 4.99 Å². The minimum Gasteiger partial charge on any atom is -0.381 e. The highest BCUT2D eigenvalue weighted by Gasteiger charge is 2.47. The quantitative estimate of drug-likeness (QED) is 0.737. The molecular weight excluding hydrogens is 374 g/mol. The summed E-state index contributed by atoms with van der Waals surface area (Å²) in [7, 11) is 1.74. The van der Waals surface area contributed by atoms with E-state index < -0.39 is 5.54 Å². The number of likely N-dealkylation sites (N-methyl/N-ethyl adjacent to an activating group) is 1. The molecule has 6 nitrogen and oxygen atoms in total. The maximum atomic E-state index is 13.2. The van der Waals surface area contributed by atoms with Crippen LogP contribution in [0.2, 0.25) is 0 Å². The van der Waals surface area contributed by atoms with Gasteiger partial charge in [0.2, 0.25) is 0 Å². The molecule has 2 aliphatic rings. The molecule has 4 rings (SSSR count). The molecule has 2 heterocycles. The lowest BCUT2D eigenvalue weighted by atomic mass is 9.75. The second-order valence-electron chi connectivity index (χ2n) is 8.67. The summed E-state index contributed by atoms with van der Waals surface area (Å²) in [6.45, 7) is 0. The van der Waals surface area contributed by atoms with Crippen LogP contribution in [0.4, 0.5) is 5.69 Å². The van der Waals surface area contributed by atoms with Gasteiger partial charge in [0.25, 0.3) is 5.91 Å². The first-order chi connectivity index (χ1) is 14.6. The molecule has 158 valence electrons. The van der Waals surface area contributed by atoms with Gasteiger partial charge in [-0.3, -0.25) is 14.7 Å². The van der Waals surface area contributed by atoms with Crippen LogP contribution in [-0.4, -0.2) is 40.4 Å². The van der Waals surface area contributed by atoms with Crippen molar-refractivity contribution in [2.45, 2.75) is 56.5 Å². The van der Waals surface area contributed by atoms with Crippen LogP contribution < -0.4 is 11.1 Å². The lowest BCUT2D eigenvalue weighted by Crippen LogP contribution is -2.44. The van der Waals surface area contributed by atoms with Gasteiger partial charge in [-0.15, -0.1) is 0 Å². The van der Waals surface area contributed by atoms with Crippen molar-refractivity contribution in [2.75, 3.05) is 12.4 Å². The third kappa shape index (κ3) is 4.48. The fraction of sp³-hybridized carbons (Fsp3) is 0.458. The van der Waals surface area contributed by atoms with E-state index in [9.17, 15) is 4.79 Å². The third-order valence-electron chi connectivity index (χ3n) is 6.49. The van der Waals surface area contributed by atoms with Gasteiger partial charge in [-0.2, -0.15) is 0 Å². The first-order valence-corrected chi connectivity index (χ1v) is 10.9. The Bertz CT molecular complexity index is 885. The number of amides is 1. The number of hydrogen-bond donors (Lipinski definition) is 2. The normalized spacial score (nSPS) is 26.5. The van der Waals surface area contributed by atoms with Crippen LogP contribution in [0.25, 0.3) is 0 Å². The number of aryl methyl sites for hydroxylation is 1. The number of anilines is 1. The molecule has 0 spiro atoms. The molecule has 1 aliphatic heterocycles. The summed E-state index contributed by atoms with van der Waals surface area (Å²) in [5.74, 6) is 0.822. The number of aliphatic imine (C=N–C) groups is 1. The minimum absolute atomic E-state index is 0.0401. The van der Waals surface area contributed by atoms with Gasteiger partial charge < -0.3 is 11.1 Å². The first kappa shape index (κ1) is 20.4. The fourth-order valence-corrected chi connectivity index (χ4v) is 4.92. The number of carbonyl (C=O) groups excluding carboxylic acids is 1. The largest absolute Gasteiger partial charge is 0.381 e. The Morgan fingerprint density at radius 3 is 2.73 bits per heavy atom. The molecule has 0 bridgehead atoms. The molecule has 3 N–H and O–H groups in total. The topological polar surface area (TPSA) is 83.6 Å². The van der Waals surface area contributed by atoms with Gasteiger partial charge in [0, 0.05) is 25.5 Å². The van der Waals surface area contributed by atoms with Gasteiger partial charge in [-0.05, 0) is 55.7 Å². The number of aromatic nitrogens is 1. The van der Waals surface area contributed by atoms with Crippen LogP contribution >= 0.6 is 0 Å². The van der Waals surface area contributed by atoms with Crippen molar-refractivity contribution in [2.24, 2.45) is 16.6 Å². The van der Waals surface area contributed by atoms with E-state index in [1.807, 2.05) is 30.5 Å². The van der Waals surface area contributed by atoms with Gasteiger partial charge in [0.1, 0.15) is 5.54 Å². The van der Waals surface area contributed by atoms with Crippen molar-refractivity contribution in [3.8, 4) is 0 Å². The Hall–Kier alpha value is -2.89. The maximum Gasteiger partial charge on any atom is 0.257 e. The zero-order valence-corrected chi connectivity index (χ0v) is 17.6. The second kappa shape index (κ2) is 8.86. The molecule has 0 saturated heterocycles. The highest BCUT2D eigenvalue weighted by molar-refractivity contribution is 6.06. The van der Waals surface area contributed by atoms with E-state index in [0.717, 1.165) is 44.2 Å². The molecule has 1 fully saturated rings. The van der Waals surface area contributed by atoms with E-state index in [-0.39, 0.29) is 5.91 Å². The fourth-order valence-electron chi connectivity index (χ4n) is 4.92. The smallest absolute Gasteiger partial charge is 0.257 e. The van der Waals surface area contributed by atoms with E-state index in [4.69, 9.17) is 10.7 Å². The summed E-state index contributed by atoms with van der Waals surface area (Å²) in [4.78, 5) is 23.7.